The molecule has 0 bridgehead atoms. The van der Waals surface area contributed by atoms with Crippen LogP contribution >= 0.6 is 11.6 Å². The second-order valence-corrected chi connectivity index (χ2v) is 4.30. The number of amides is 1. The quantitative estimate of drug-likeness (QED) is 0.377. The predicted molar refractivity (Wildman–Crippen MR) is 77.1 cm³/mol. The summed E-state index contributed by atoms with van der Waals surface area (Å²) in [7, 11) is 0. The van der Waals surface area contributed by atoms with Crippen molar-refractivity contribution in [3.63, 3.8) is 0 Å². The van der Waals surface area contributed by atoms with E-state index in [1.165, 1.54) is 18.2 Å². The number of allylic oxidation sites excluding steroid dienone is 1. The molecule has 0 atom stereocenters. The van der Waals surface area contributed by atoms with Gasteiger partial charge in [-0.05, 0) is 18.6 Å². The summed E-state index contributed by atoms with van der Waals surface area (Å²) < 4.78 is 4.68. The molecular weight excluding hydrogens is 300 g/mol. The Morgan fingerprint density at radius 3 is 2.81 bits per heavy atom. The van der Waals surface area contributed by atoms with Gasteiger partial charge in [0.1, 0.15) is 5.02 Å². The van der Waals surface area contributed by atoms with E-state index in [4.69, 9.17) is 11.6 Å². The number of carbonyl (C=O) groups excluding carboxylic acids is 2. The average molecular weight is 313 g/mol. The zero-order chi connectivity index (χ0) is 15.8. The maximum Gasteiger partial charge on any atom is 0.330 e. The Balaban J connectivity index is 2.59. The summed E-state index contributed by atoms with van der Waals surface area (Å²) in [6.07, 6.45) is 3.50. The fraction of sp³-hybridized carbons (Fsp3) is 0.231. The largest absolute Gasteiger partial charge is 0.452 e. The molecule has 0 aromatic heterocycles. The zero-order valence-corrected chi connectivity index (χ0v) is 11.9. The highest BCUT2D eigenvalue weighted by molar-refractivity contribution is 6.32. The monoisotopic (exact) mass is 312 g/mol. The minimum absolute atomic E-state index is 0.0332. The van der Waals surface area contributed by atoms with Gasteiger partial charge in [-0.1, -0.05) is 24.6 Å². The molecule has 0 saturated carbocycles. The number of ether oxygens (including phenoxy) is 1. The molecule has 0 aliphatic heterocycles. The maximum atomic E-state index is 11.5. The Kier molecular flexibility index (Phi) is 6.35. The van der Waals surface area contributed by atoms with Crippen LogP contribution in [0.5, 0.6) is 0 Å². The molecule has 7 nitrogen and oxygen atoms in total. The fourth-order valence-corrected chi connectivity index (χ4v) is 1.51. The van der Waals surface area contributed by atoms with E-state index < -0.39 is 23.4 Å². The van der Waals surface area contributed by atoms with Crippen molar-refractivity contribution in [3.8, 4) is 0 Å². The molecule has 0 saturated heterocycles. The van der Waals surface area contributed by atoms with Crippen LogP contribution in [0.25, 0.3) is 0 Å². The number of hydrogen-bond acceptors (Lipinski definition) is 5. The number of benzene rings is 1. The van der Waals surface area contributed by atoms with E-state index in [2.05, 4.69) is 10.1 Å². The summed E-state index contributed by atoms with van der Waals surface area (Å²) in [5.74, 6) is -1.24. The van der Waals surface area contributed by atoms with Crippen LogP contribution in [-0.2, 0) is 14.3 Å². The first-order chi connectivity index (χ1) is 9.93. The molecule has 0 aliphatic rings. The van der Waals surface area contributed by atoms with Gasteiger partial charge in [0, 0.05) is 17.8 Å². The SMILES string of the molecule is CC/C=C/C(=O)OCC(=O)Nc1ccc(Cl)c([N+](=O)[O-])c1. The summed E-state index contributed by atoms with van der Waals surface area (Å²) >= 11 is 5.65. The summed E-state index contributed by atoms with van der Waals surface area (Å²) in [5, 5.41) is 13.0. The number of carbonyl (C=O) groups is 2. The highest BCUT2D eigenvalue weighted by atomic mass is 35.5. The van der Waals surface area contributed by atoms with Gasteiger partial charge in [0.05, 0.1) is 4.92 Å². The van der Waals surface area contributed by atoms with E-state index in [1.807, 2.05) is 6.92 Å². The van der Waals surface area contributed by atoms with Crippen LogP contribution in [0.2, 0.25) is 5.02 Å². The molecule has 1 N–H and O–H groups in total. The lowest BCUT2D eigenvalue weighted by molar-refractivity contribution is -0.384. The van der Waals surface area contributed by atoms with Gasteiger partial charge >= 0.3 is 5.97 Å². The third kappa shape index (κ3) is 5.62. The van der Waals surface area contributed by atoms with Crippen molar-refractivity contribution in [2.24, 2.45) is 0 Å². The van der Waals surface area contributed by atoms with Crippen molar-refractivity contribution in [2.75, 3.05) is 11.9 Å². The Hall–Kier alpha value is -2.41. The summed E-state index contributed by atoms with van der Waals surface area (Å²) in [4.78, 5) is 32.7. The first-order valence-corrected chi connectivity index (χ1v) is 6.39. The lowest BCUT2D eigenvalue weighted by atomic mass is 10.3. The molecule has 1 aromatic rings. The number of nitro benzene ring substituents is 1. The third-order valence-electron chi connectivity index (χ3n) is 2.26. The van der Waals surface area contributed by atoms with Crippen molar-refractivity contribution in [1.29, 1.82) is 0 Å². The first-order valence-electron chi connectivity index (χ1n) is 6.01. The lowest BCUT2D eigenvalue weighted by Gasteiger charge is -2.05. The van der Waals surface area contributed by atoms with Crippen LogP contribution in [0.1, 0.15) is 13.3 Å². The Labute approximate surface area is 125 Å². The number of anilines is 1. The smallest absolute Gasteiger partial charge is 0.330 e. The van der Waals surface area contributed by atoms with Gasteiger partial charge in [-0.3, -0.25) is 14.9 Å². The van der Waals surface area contributed by atoms with Crippen LogP contribution in [-0.4, -0.2) is 23.4 Å². The number of nitro groups is 1. The lowest BCUT2D eigenvalue weighted by Crippen LogP contribution is -2.20. The zero-order valence-electron chi connectivity index (χ0n) is 11.2. The minimum Gasteiger partial charge on any atom is -0.452 e. The van der Waals surface area contributed by atoms with Gasteiger partial charge in [0.2, 0.25) is 0 Å². The van der Waals surface area contributed by atoms with Crippen LogP contribution in [0.4, 0.5) is 11.4 Å². The molecule has 0 radical (unpaired) electrons. The van der Waals surface area contributed by atoms with Crippen LogP contribution in [0.15, 0.2) is 30.4 Å². The molecule has 1 amide bonds. The summed E-state index contributed by atoms with van der Waals surface area (Å²) in [5.41, 5.74) is -0.131. The van der Waals surface area contributed by atoms with Gasteiger partial charge in [-0.15, -0.1) is 0 Å². The number of nitrogens with one attached hydrogen (secondary N) is 1. The van der Waals surface area contributed by atoms with Gasteiger partial charge in [-0.2, -0.15) is 0 Å². The predicted octanol–water partition coefficient (Wildman–Crippen LogP) is 2.70. The Bertz CT molecular complexity index is 586. The molecule has 21 heavy (non-hydrogen) atoms. The number of hydrogen-bond donors (Lipinski definition) is 1. The highest BCUT2D eigenvalue weighted by Crippen LogP contribution is 2.27. The second-order valence-electron chi connectivity index (χ2n) is 3.89. The summed E-state index contributed by atoms with van der Waals surface area (Å²) in [6, 6.07) is 3.83. The van der Waals surface area contributed by atoms with E-state index in [0.29, 0.717) is 6.42 Å². The Morgan fingerprint density at radius 2 is 2.19 bits per heavy atom. The molecule has 1 aromatic carbocycles. The third-order valence-corrected chi connectivity index (χ3v) is 2.58. The Morgan fingerprint density at radius 1 is 1.48 bits per heavy atom. The van der Waals surface area contributed by atoms with Gasteiger partial charge in [0.15, 0.2) is 6.61 Å². The molecule has 8 heteroatoms. The van der Waals surface area contributed by atoms with Gasteiger partial charge in [0.25, 0.3) is 11.6 Å². The van der Waals surface area contributed by atoms with Crippen molar-refractivity contribution < 1.29 is 19.2 Å². The van der Waals surface area contributed by atoms with E-state index in [1.54, 1.807) is 6.08 Å². The molecule has 0 spiro atoms. The average Bonchev–Trinajstić information content (AvgIpc) is 2.44. The topological polar surface area (TPSA) is 98.5 Å². The van der Waals surface area contributed by atoms with Crippen molar-refractivity contribution in [3.05, 3.63) is 45.5 Å². The van der Waals surface area contributed by atoms with Crippen molar-refractivity contribution in [1.82, 2.24) is 0 Å². The van der Waals surface area contributed by atoms with E-state index in [9.17, 15) is 19.7 Å². The molecule has 0 aliphatic carbocycles. The minimum atomic E-state index is -0.659. The standard InChI is InChI=1S/C13H13ClN2O5/c1-2-3-4-13(18)21-8-12(17)15-9-5-6-10(14)11(7-9)16(19)20/h3-7H,2,8H2,1H3,(H,15,17)/b4-3+. The van der Waals surface area contributed by atoms with E-state index >= 15 is 0 Å². The molecule has 112 valence electrons. The fourth-order valence-electron chi connectivity index (χ4n) is 1.33. The first kappa shape index (κ1) is 16.6. The molecule has 1 rings (SSSR count). The summed E-state index contributed by atoms with van der Waals surface area (Å²) in [6.45, 7) is 1.37. The number of rotatable bonds is 6. The number of esters is 1. The molecule has 0 unspecified atom stereocenters. The number of halogens is 1. The van der Waals surface area contributed by atoms with Gasteiger partial charge in [-0.25, -0.2) is 4.79 Å². The molecular formula is C13H13ClN2O5. The van der Waals surface area contributed by atoms with Crippen molar-refractivity contribution in [2.45, 2.75) is 13.3 Å². The van der Waals surface area contributed by atoms with E-state index in [0.717, 1.165) is 6.07 Å². The highest BCUT2D eigenvalue weighted by Gasteiger charge is 2.14. The van der Waals surface area contributed by atoms with Crippen molar-refractivity contribution >= 4 is 34.9 Å². The van der Waals surface area contributed by atoms with Crippen LogP contribution in [0, 0.1) is 10.1 Å². The van der Waals surface area contributed by atoms with E-state index in [-0.39, 0.29) is 16.4 Å². The second kappa shape index (κ2) is 8.01. The van der Waals surface area contributed by atoms with Crippen LogP contribution in [0.3, 0.4) is 0 Å². The maximum absolute atomic E-state index is 11.5. The number of nitrogens with zero attached hydrogens (tertiary/aromatic N) is 1. The molecule has 0 heterocycles. The van der Waals surface area contributed by atoms with Gasteiger partial charge < -0.3 is 10.1 Å². The van der Waals surface area contributed by atoms with Crippen LogP contribution < -0.4 is 5.32 Å². The normalized spacial score (nSPS) is 10.4. The molecule has 0 fully saturated rings.